The van der Waals surface area contributed by atoms with Crippen molar-refractivity contribution < 1.29 is 4.39 Å². The van der Waals surface area contributed by atoms with E-state index in [1.165, 1.54) is 17.7 Å². The molecule has 3 nitrogen and oxygen atoms in total. The Labute approximate surface area is 176 Å². The Bertz CT molecular complexity index is 1240. The van der Waals surface area contributed by atoms with Crippen LogP contribution in [0, 0.1) is 5.82 Å². The van der Waals surface area contributed by atoms with E-state index in [0.717, 1.165) is 39.3 Å². The third-order valence-electron chi connectivity index (χ3n) is 5.56. The first-order valence-electron chi connectivity index (χ1n) is 10.2. The molecule has 5 rings (SSSR count). The van der Waals surface area contributed by atoms with Crippen LogP contribution >= 0.6 is 0 Å². The van der Waals surface area contributed by atoms with Gasteiger partial charge in [0.2, 0.25) is 0 Å². The van der Waals surface area contributed by atoms with E-state index in [1.54, 1.807) is 0 Å². The second-order valence-electron chi connectivity index (χ2n) is 8.76. The molecule has 1 aromatic heterocycles. The summed E-state index contributed by atoms with van der Waals surface area (Å²) in [4.78, 5) is 7.40. The standard InChI is InChI=1S/C26H24FN3/c1-26(2,3)30-23-11-7-6-10-22(23)28-24-20(16-17-12-14-18(27)15-13-17)19-8-4-5-9-21(19)29-25(24)30/h4-15,28H,16H2,1-3H3. The fourth-order valence-electron chi connectivity index (χ4n) is 4.25. The molecule has 1 aliphatic rings. The molecule has 0 aliphatic carbocycles. The largest absolute Gasteiger partial charge is 0.351 e. The minimum absolute atomic E-state index is 0.157. The van der Waals surface area contributed by atoms with E-state index in [0.29, 0.717) is 6.42 Å². The Morgan fingerprint density at radius 1 is 0.900 bits per heavy atom. The van der Waals surface area contributed by atoms with Gasteiger partial charge in [0.25, 0.3) is 0 Å². The van der Waals surface area contributed by atoms with Gasteiger partial charge in [0.1, 0.15) is 5.82 Å². The highest BCUT2D eigenvalue weighted by molar-refractivity contribution is 5.99. The van der Waals surface area contributed by atoms with Crippen LogP contribution in [0.4, 0.5) is 27.3 Å². The number of aromatic nitrogens is 1. The lowest BCUT2D eigenvalue weighted by Crippen LogP contribution is -2.40. The number of anilines is 4. The molecule has 4 heteroatoms. The van der Waals surface area contributed by atoms with E-state index in [2.05, 4.69) is 61.3 Å². The number of fused-ring (bicyclic) bond motifs is 3. The summed E-state index contributed by atoms with van der Waals surface area (Å²) in [6.07, 6.45) is 0.693. The summed E-state index contributed by atoms with van der Waals surface area (Å²) in [5, 5.41) is 4.77. The summed E-state index contributed by atoms with van der Waals surface area (Å²) >= 11 is 0. The summed E-state index contributed by atoms with van der Waals surface area (Å²) < 4.78 is 13.5. The van der Waals surface area contributed by atoms with Crippen LogP contribution in [0.3, 0.4) is 0 Å². The van der Waals surface area contributed by atoms with Crippen molar-refractivity contribution in [2.75, 3.05) is 10.2 Å². The molecule has 0 saturated carbocycles. The topological polar surface area (TPSA) is 28.2 Å². The van der Waals surface area contributed by atoms with Gasteiger partial charge >= 0.3 is 0 Å². The first-order valence-corrected chi connectivity index (χ1v) is 10.2. The molecule has 0 atom stereocenters. The lowest BCUT2D eigenvalue weighted by molar-refractivity contribution is 0.555. The van der Waals surface area contributed by atoms with Crippen LogP contribution in [0.15, 0.2) is 72.8 Å². The smallest absolute Gasteiger partial charge is 0.158 e. The summed E-state index contributed by atoms with van der Waals surface area (Å²) in [5.74, 6) is 0.711. The maximum atomic E-state index is 13.5. The van der Waals surface area contributed by atoms with Crippen molar-refractivity contribution in [3.05, 3.63) is 89.7 Å². The number of hydrogen-bond donors (Lipinski definition) is 1. The van der Waals surface area contributed by atoms with Gasteiger partial charge in [-0.2, -0.15) is 0 Å². The number of rotatable bonds is 2. The zero-order valence-corrected chi connectivity index (χ0v) is 17.4. The van der Waals surface area contributed by atoms with Crippen molar-refractivity contribution in [1.29, 1.82) is 0 Å². The quantitative estimate of drug-likeness (QED) is 0.396. The first-order chi connectivity index (χ1) is 14.4. The molecule has 0 unspecified atom stereocenters. The number of nitrogens with zero attached hydrogens (tertiary/aromatic N) is 2. The van der Waals surface area contributed by atoms with Crippen LogP contribution in [0.25, 0.3) is 10.9 Å². The van der Waals surface area contributed by atoms with E-state index in [-0.39, 0.29) is 11.4 Å². The maximum Gasteiger partial charge on any atom is 0.158 e. The molecule has 0 radical (unpaired) electrons. The van der Waals surface area contributed by atoms with Gasteiger partial charge < -0.3 is 10.2 Å². The highest BCUT2D eigenvalue weighted by Gasteiger charge is 2.33. The van der Waals surface area contributed by atoms with Gasteiger partial charge in [0.15, 0.2) is 5.82 Å². The third-order valence-corrected chi connectivity index (χ3v) is 5.56. The van der Waals surface area contributed by atoms with Crippen molar-refractivity contribution in [1.82, 2.24) is 4.98 Å². The molecule has 30 heavy (non-hydrogen) atoms. The van der Waals surface area contributed by atoms with Gasteiger partial charge in [-0.15, -0.1) is 0 Å². The van der Waals surface area contributed by atoms with Crippen LogP contribution < -0.4 is 10.2 Å². The maximum absolute atomic E-state index is 13.5. The molecule has 0 saturated heterocycles. The highest BCUT2D eigenvalue weighted by Crippen LogP contribution is 2.49. The number of halogens is 1. The van der Waals surface area contributed by atoms with E-state index in [1.807, 2.05) is 30.3 Å². The number of nitrogens with one attached hydrogen (secondary N) is 1. The van der Waals surface area contributed by atoms with Crippen molar-refractivity contribution >= 4 is 33.8 Å². The van der Waals surface area contributed by atoms with Crippen LogP contribution in [0.5, 0.6) is 0 Å². The molecule has 1 N–H and O–H groups in total. The number of hydrogen-bond acceptors (Lipinski definition) is 3. The summed E-state index contributed by atoms with van der Waals surface area (Å²) in [6.45, 7) is 6.61. The van der Waals surface area contributed by atoms with Gasteiger partial charge in [-0.05, 0) is 62.2 Å². The van der Waals surface area contributed by atoms with Crippen molar-refractivity contribution in [2.24, 2.45) is 0 Å². The SMILES string of the molecule is CC(C)(C)N1c2ccccc2Nc2c1nc1ccccc1c2Cc1ccc(F)cc1. The second kappa shape index (κ2) is 6.84. The van der Waals surface area contributed by atoms with Gasteiger partial charge in [-0.3, -0.25) is 0 Å². The van der Waals surface area contributed by atoms with Crippen LogP contribution in [-0.4, -0.2) is 10.5 Å². The van der Waals surface area contributed by atoms with E-state index in [4.69, 9.17) is 4.98 Å². The van der Waals surface area contributed by atoms with Crippen LogP contribution in [-0.2, 0) is 6.42 Å². The Morgan fingerprint density at radius 2 is 1.60 bits per heavy atom. The van der Waals surface area contributed by atoms with E-state index >= 15 is 0 Å². The summed E-state index contributed by atoms with van der Waals surface area (Å²) in [5.41, 5.74) is 6.25. The van der Waals surface area contributed by atoms with E-state index in [9.17, 15) is 4.39 Å². The Hall–Kier alpha value is -3.40. The zero-order chi connectivity index (χ0) is 20.9. The van der Waals surface area contributed by atoms with Gasteiger partial charge in [-0.25, -0.2) is 9.37 Å². The predicted molar refractivity (Wildman–Crippen MR) is 123 cm³/mol. The van der Waals surface area contributed by atoms with Crippen LogP contribution in [0.1, 0.15) is 31.9 Å². The first kappa shape index (κ1) is 18.6. The highest BCUT2D eigenvalue weighted by atomic mass is 19.1. The molecule has 1 aliphatic heterocycles. The average molecular weight is 397 g/mol. The van der Waals surface area contributed by atoms with Crippen molar-refractivity contribution in [3.63, 3.8) is 0 Å². The van der Waals surface area contributed by atoms with E-state index < -0.39 is 0 Å². The van der Waals surface area contributed by atoms with Crippen molar-refractivity contribution in [2.45, 2.75) is 32.7 Å². The monoisotopic (exact) mass is 397 g/mol. The summed E-state index contributed by atoms with van der Waals surface area (Å²) in [7, 11) is 0. The Kier molecular flexibility index (Phi) is 4.24. The Morgan fingerprint density at radius 3 is 2.37 bits per heavy atom. The fourth-order valence-corrected chi connectivity index (χ4v) is 4.25. The third kappa shape index (κ3) is 3.09. The lowest BCUT2D eigenvalue weighted by Gasteiger charge is -2.42. The summed E-state index contributed by atoms with van der Waals surface area (Å²) in [6, 6.07) is 23.3. The normalized spacial score (nSPS) is 13.0. The molecule has 0 spiro atoms. The molecule has 0 fully saturated rings. The molecule has 3 aromatic carbocycles. The zero-order valence-electron chi connectivity index (χ0n) is 17.4. The molecule has 4 aromatic rings. The Balaban J connectivity index is 1.78. The van der Waals surface area contributed by atoms with Crippen molar-refractivity contribution in [3.8, 4) is 0 Å². The lowest BCUT2D eigenvalue weighted by atomic mass is 9.95. The molecular formula is C26H24FN3. The average Bonchev–Trinajstić information content (AvgIpc) is 2.72. The van der Waals surface area contributed by atoms with Gasteiger partial charge in [-0.1, -0.05) is 42.5 Å². The van der Waals surface area contributed by atoms with Gasteiger partial charge in [0.05, 0.1) is 22.6 Å². The molecule has 2 heterocycles. The molecule has 0 amide bonds. The second-order valence-corrected chi connectivity index (χ2v) is 8.76. The number of para-hydroxylation sites is 3. The van der Waals surface area contributed by atoms with Crippen LogP contribution in [0.2, 0.25) is 0 Å². The molecular weight excluding hydrogens is 373 g/mol. The fraction of sp³-hybridized carbons (Fsp3) is 0.192. The number of pyridine rings is 1. The number of benzene rings is 3. The molecule has 0 bridgehead atoms. The minimum atomic E-state index is -0.216. The minimum Gasteiger partial charge on any atom is -0.351 e. The molecule has 150 valence electrons. The van der Waals surface area contributed by atoms with Gasteiger partial charge in [0, 0.05) is 17.3 Å². The predicted octanol–water partition coefficient (Wildman–Crippen LogP) is 6.96.